The molecule has 3 heterocycles. The molecule has 0 amide bonds. The highest BCUT2D eigenvalue weighted by molar-refractivity contribution is 7.93. The summed E-state index contributed by atoms with van der Waals surface area (Å²) in [4.78, 5) is 9.04. The third-order valence-corrected chi connectivity index (χ3v) is 8.55. The number of hydrogen-bond donors (Lipinski definition) is 1. The fourth-order valence-corrected chi connectivity index (χ4v) is 6.60. The first-order valence-electron chi connectivity index (χ1n) is 12.0. The van der Waals surface area contributed by atoms with E-state index in [9.17, 15) is 8.42 Å². The number of ether oxygens (including phenoxy) is 3. The summed E-state index contributed by atoms with van der Waals surface area (Å²) in [5.41, 5.74) is 1.85. The Morgan fingerprint density at radius 2 is 1.72 bits per heavy atom. The van der Waals surface area contributed by atoms with Crippen LogP contribution < -0.4 is 23.8 Å². The first-order valence-corrected chi connectivity index (χ1v) is 14.3. The van der Waals surface area contributed by atoms with Crippen molar-refractivity contribution in [3.63, 3.8) is 0 Å². The van der Waals surface area contributed by atoms with Crippen LogP contribution in [0.4, 0.5) is 10.9 Å². The van der Waals surface area contributed by atoms with E-state index < -0.39 is 10.0 Å². The summed E-state index contributed by atoms with van der Waals surface area (Å²) in [6.45, 7) is 5.23. The number of nitrogens with one attached hydrogen (secondary N) is 1. The molecule has 0 spiro atoms. The van der Waals surface area contributed by atoms with E-state index >= 15 is 0 Å². The average Bonchev–Trinajstić information content (AvgIpc) is 3.60. The van der Waals surface area contributed by atoms with Crippen molar-refractivity contribution in [2.75, 3.05) is 57.1 Å². The Hall–Kier alpha value is -4.15. The standard InChI is InChI=1S/C26H27N5O6S2/c1-5-9-30-10-12-31(13-11-30)26-27-18(16-38-26)17-14-21(36-4)23-22(15-17)37-28-25(23)29-39(32,33)24-19(34-2)7-6-8-20(24)35-3/h6-8,14-16H,10-13H2,1-4H3,(H,28,29). The first-order chi connectivity index (χ1) is 18.9. The summed E-state index contributed by atoms with van der Waals surface area (Å²) < 4.78 is 50.9. The lowest BCUT2D eigenvalue weighted by molar-refractivity contribution is 0.368. The highest BCUT2D eigenvalue weighted by atomic mass is 32.2. The third-order valence-electron chi connectivity index (χ3n) is 6.25. The van der Waals surface area contributed by atoms with Gasteiger partial charge >= 0.3 is 0 Å². The van der Waals surface area contributed by atoms with Crippen molar-refractivity contribution in [2.24, 2.45) is 0 Å². The normalized spacial score (nSPS) is 13.6. The molecule has 0 saturated carbocycles. The summed E-state index contributed by atoms with van der Waals surface area (Å²) in [7, 11) is 0.0953. The molecule has 2 aromatic carbocycles. The van der Waals surface area contributed by atoms with Crippen LogP contribution in [0.3, 0.4) is 0 Å². The third kappa shape index (κ3) is 5.13. The van der Waals surface area contributed by atoms with Crippen LogP contribution in [0.2, 0.25) is 0 Å². The topological polar surface area (TPSA) is 119 Å². The summed E-state index contributed by atoms with van der Waals surface area (Å²) in [6, 6.07) is 11.4. The van der Waals surface area contributed by atoms with Gasteiger partial charge in [0.2, 0.25) is 0 Å². The number of rotatable bonds is 8. The minimum absolute atomic E-state index is 0.0200. The fraction of sp³-hybridized carbons (Fsp3) is 0.308. The van der Waals surface area contributed by atoms with Crippen LogP contribution in [-0.4, -0.2) is 71.0 Å². The lowest BCUT2D eigenvalue weighted by Crippen LogP contribution is -2.44. The van der Waals surface area contributed by atoms with E-state index in [0.29, 0.717) is 16.7 Å². The van der Waals surface area contributed by atoms with Gasteiger partial charge in [0.1, 0.15) is 22.6 Å². The van der Waals surface area contributed by atoms with Crippen LogP contribution in [0.5, 0.6) is 17.2 Å². The summed E-state index contributed by atoms with van der Waals surface area (Å²) in [5, 5.41) is 7.27. The molecule has 2 aromatic heterocycles. The van der Waals surface area contributed by atoms with Gasteiger partial charge in [0, 0.05) is 43.2 Å². The van der Waals surface area contributed by atoms with Crippen molar-refractivity contribution in [1.82, 2.24) is 15.0 Å². The number of aromatic nitrogens is 2. The van der Waals surface area contributed by atoms with Gasteiger partial charge in [-0.2, -0.15) is 0 Å². The molecule has 0 unspecified atom stereocenters. The van der Waals surface area contributed by atoms with Gasteiger partial charge in [-0.25, -0.2) is 13.4 Å². The SMILES string of the molecule is CC#CN1CCN(c2nc(-c3cc(OC)c4c(NS(=O)(=O)c5c(OC)cccc5OC)noc4c3)cs2)CC1. The molecule has 4 aromatic rings. The Labute approximate surface area is 230 Å². The van der Waals surface area contributed by atoms with E-state index in [1.807, 2.05) is 12.3 Å². The zero-order valence-electron chi connectivity index (χ0n) is 21.8. The van der Waals surface area contributed by atoms with Gasteiger partial charge in [0.15, 0.2) is 21.4 Å². The molecule has 0 aliphatic carbocycles. The quantitative estimate of drug-likeness (QED) is 0.313. The molecular formula is C26H27N5O6S2. The second kappa shape index (κ2) is 10.9. The lowest BCUT2D eigenvalue weighted by Gasteiger charge is -2.32. The van der Waals surface area contributed by atoms with Crippen LogP contribution in [-0.2, 0) is 10.0 Å². The summed E-state index contributed by atoms with van der Waals surface area (Å²) in [5.74, 6) is 3.56. The van der Waals surface area contributed by atoms with Gasteiger partial charge in [0.05, 0.1) is 27.0 Å². The number of piperazine rings is 1. The molecule has 1 fully saturated rings. The average molecular weight is 570 g/mol. The predicted octanol–water partition coefficient (Wildman–Crippen LogP) is 3.88. The number of methoxy groups -OCH3 is 3. The maximum absolute atomic E-state index is 13.4. The van der Waals surface area contributed by atoms with Gasteiger partial charge in [-0.05, 0) is 31.2 Å². The number of anilines is 2. The summed E-state index contributed by atoms with van der Waals surface area (Å²) >= 11 is 1.56. The molecule has 1 saturated heterocycles. The van der Waals surface area contributed by atoms with Crippen LogP contribution in [0.15, 0.2) is 45.1 Å². The van der Waals surface area contributed by atoms with Crippen molar-refractivity contribution in [3.8, 4) is 40.5 Å². The Bertz CT molecular complexity index is 1640. The first kappa shape index (κ1) is 26.5. The predicted molar refractivity (Wildman–Crippen MR) is 149 cm³/mol. The second-order valence-corrected chi connectivity index (χ2v) is 11.0. The molecular weight excluding hydrogens is 542 g/mol. The van der Waals surface area contributed by atoms with Crippen LogP contribution in [0.25, 0.3) is 22.2 Å². The van der Waals surface area contributed by atoms with Gasteiger partial charge in [0.25, 0.3) is 10.0 Å². The van der Waals surface area contributed by atoms with Crippen molar-refractivity contribution in [3.05, 3.63) is 35.7 Å². The lowest BCUT2D eigenvalue weighted by atomic mass is 10.1. The highest BCUT2D eigenvalue weighted by Crippen LogP contribution is 2.40. The number of nitrogens with zero attached hydrogens (tertiary/aromatic N) is 4. The number of sulfonamides is 1. The van der Waals surface area contributed by atoms with Crippen LogP contribution in [0.1, 0.15) is 6.92 Å². The Kier molecular flexibility index (Phi) is 7.40. The molecule has 5 rings (SSSR count). The van der Waals surface area contributed by atoms with Gasteiger partial charge < -0.3 is 28.5 Å². The van der Waals surface area contributed by atoms with Crippen LogP contribution in [0, 0.1) is 12.0 Å². The molecule has 1 N–H and O–H groups in total. The maximum atomic E-state index is 13.4. The Morgan fingerprint density at radius 3 is 2.36 bits per heavy atom. The van der Waals surface area contributed by atoms with E-state index in [4.69, 9.17) is 23.7 Å². The number of benzene rings is 2. The minimum Gasteiger partial charge on any atom is -0.496 e. The van der Waals surface area contributed by atoms with Crippen LogP contribution >= 0.6 is 11.3 Å². The van der Waals surface area contributed by atoms with Gasteiger partial charge in [-0.15, -0.1) is 11.3 Å². The Balaban J connectivity index is 1.45. The van der Waals surface area contributed by atoms with Crippen molar-refractivity contribution in [2.45, 2.75) is 11.8 Å². The molecule has 1 aliphatic heterocycles. The fourth-order valence-electron chi connectivity index (χ4n) is 4.38. The summed E-state index contributed by atoms with van der Waals surface area (Å²) in [6.07, 6.45) is 0. The largest absolute Gasteiger partial charge is 0.496 e. The minimum atomic E-state index is -4.17. The zero-order valence-corrected chi connectivity index (χ0v) is 23.5. The van der Waals surface area contributed by atoms with E-state index in [-0.39, 0.29) is 22.2 Å². The van der Waals surface area contributed by atoms with E-state index in [0.717, 1.165) is 42.6 Å². The molecule has 1 aliphatic rings. The molecule has 13 heteroatoms. The van der Waals surface area contributed by atoms with Crippen molar-refractivity contribution >= 4 is 43.3 Å². The van der Waals surface area contributed by atoms with E-state index in [1.54, 1.807) is 29.5 Å². The van der Waals surface area contributed by atoms with Crippen molar-refractivity contribution < 1.29 is 27.2 Å². The zero-order chi connectivity index (χ0) is 27.6. The maximum Gasteiger partial charge on any atom is 0.270 e. The van der Waals surface area contributed by atoms with E-state index in [1.165, 1.54) is 33.5 Å². The smallest absolute Gasteiger partial charge is 0.270 e. The Morgan fingerprint density at radius 1 is 1.03 bits per heavy atom. The molecule has 39 heavy (non-hydrogen) atoms. The molecule has 0 radical (unpaired) electrons. The monoisotopic (exact) mass is 569 g/mol. The number of thiazole rings is 1. The molecule has 0 bridgehead atoms. The second-order valence-electron chi connectivity index (χ2n) is 8.53. The molecule has 0 atom stereocenters. The number of hydrogen-bond acceptors (Lipinski definition) is 11. The highest BCUT2D eigenvalue weighted by Gasteiger charge is 2.28. The van der Waals surface area contributed by atoms with Gasteiger partial charge in [-0.1, -0.05) is 17.1 Å². The number of fused-ring (bicyclic) bond motifs is 1. The van der Waals surface area contributed by atoms with Crippen molar-refractivity contribution in [1.29, 1.82) is 0 Å². The van der Waals surface area contributed by atoms with Gasteiger partial charge in [-0.3, -0.25) is 4.72 Å². The molecule has 11 nitrogen and oxygen atoms in total. The van der Waals surface area contributed by atoms with E-state index in [2.05, 4.69) is 31.6 Å². The molecule has 204 valence electrons.